The zero-order chi connectivity index (χ0) is 13.4. The number of allylic oxidation sites excluding steroid dienone is 1. The molecule has 0 saturated carbocycles. The Morgan fingerprint density at radius 1 is 0.812 bits per heavy atom. The molecule has 0 spiro atoms. The van der Waals surface area contributed by atoms with Crippen molar-refractivity contribution >= 4 is 38.5 Å². The molecule has 0 amide bonds. The van der Waals surface area contributed by atoms with Gasteiger partial charge >= 0.3 is 22.6 Å². The number of alkyl halides is 9. The van der Waals surface area contributed by atoms with Crippen molar-refractivity contribution in [2.24, 2.45) is 0 Å². The maximum absolute atomic E-state index is 12.6. The Balaban J connectivity index is 5.52. The van der Waals surface area contributed by atoms with Crippen LogP contribution in [0.5, 0.6) is 0 Å². The molecule has 16 heavy (non-hydrogen) atoms. The summed E-state index contributed by atoms with van der Waals surface area (Å²) in [6.07, 6.45) is -0.583. The second-order valence-corrected chi connectivity index (χ2v) is 4.28. The van der Waals surface area contributed by atoms with Crippen LogP contribution >= 0.6 is 38.5 Å². The van der Waals surface area contributed by atoms with Gasteiger partial charge in [-0.1, -0.05) is 22.6 Å². The first kappa shape index (κ1) is 16.4. The van der Waals surface area contributed by atoms with Crippen molar-refractivity contribution in [1.29, 1.82) is 0 Å². The summed E-state index contributed by atoms with van der Waals surface area (Å²) in [7, 11) is 0. The van der Waals surface area contributed by atoms with Gasteiger partial charge in [-0.25, -0.2) is 0 Å². The van der Waals surface area contributed by atoms with Gasteiger partial charge in [0.1, 0.15) is 0 Å². The Hall–Kier alpha value is 0.390. The third-order valence-electron chi connectivity index (χ3n) is 1.44. The van der Waals surface area contributed by atoms with Crippen LogP contribution in [-0.4, -0.2) is 22.6 Å². The van der Waals surface area contributed by atoms with Crippen LogP contribution in [0.2, 0.25) is 0 Å². The van der Waals surface area contributed by atoms with Crippen LogP contribution in [0.25, 0.3) is 0 Å². The molecule has 0 N–H and O–H groups in total. The fraction of sp³-hybridized carbons (Fsp3) is 0.667. The van der Waals surface area contributed by atoms with E-state index in [4.69, 9.17) is 0 Å². The Labute approximate surface area is 106 Å². The highest BCUT2D eigenvalue weighted by atomic mass is 127. The molecule has 0 aromatic carbocycles. The lowest BCUT2D eigenvalue weighted by Gasteiger charge is -2.33. The molecule has 0 fully saturated rings. The molecule has 0 rings (SSSR count). The van der Waals surface area contributed by atoms with E-state index in [0.29, 0.717) is 4.08 Å². The molecule has 0 atom stereocenters. The van der Waals surface area contributed by atoms with Crippen LogP contribution in [0.3, 0.4) is 0 Å². The normalized spacial score (nSPS) is 15.9. The van der Waals surface area contributed by atoms with E-state index in [1.807, 2.05) is 0 Å². The van der Waals surface area contributed by atoms with Crippen molar-refractivity contribution in [3.05, 3.63) is 10.2 Å². The summed E-state index contributed by atoms with van der Waals surface area (Å²) >= 11 is 2.02. The molecule has 0 aromatic rings. The van der Waals surface area contributed by atoms with E-state index < -0.39 is 28.7 Å². The van der Waals surface area contributed by atoms with Crippen molar-refractivity contribution in [3.8, 4) is 0 Å². The molecule has 0 radical (unpaired) electrons. The highest BCUT2D eigenvalue weighted by Crippen LogP contribution is 2.54. The van der Waals surface area contributed by atoms with E-state index in [0.717, 1.165) is 38.5 Å². The summed E-state index contributed by atoms with van der Waals surface area (Å²) in [6.45, 7) is 0. The number of halogens is 10. The molecular formula is C6H2BrF8I. The zero-order valence-corrected chi connectivity index (χ0v) is 10.7. The smallest absolute Gasteiger partial charge is 0.195 e. The van der Waals surface area contributed by atoms with Crippen LogP contribution < -0.4 is 0 Å². The van der Waals surface area contributed by atoms with Gasteiger partial charge in [0.2, 0.25) is 0 Å². The van der Waals surface area contributed by atoms with Gasteiger partial charge in [-0.15, -0.1) is 0 Å². The summed E-state index contributed by atoms with van der Waals surface area (Å²) in [5.41, 5.74) is 0. The van der Waals surface area contributed by atoms with E-state index in [1.54, 1.807) is 0 Å². The average Bonchev–Trinajstić information content (AvgIpc) is 2.01. The minimum atomic E-state index is -6.24. The highest BCUT2D eigenvalue weighted by Gasteiger charge is 2.79. The lowest BCUT2D eigenvalue weighted by molar-refractivity contribution is -0.331. The largest absolute Gasteiger partial charge is 0.388 e. The van der Waals surface area contributed by atoms with Crippen molar-refractivity contribution in [2.45, 2.75) is 22.6 Å². The van der Waals surface area contributed by atoms with E-state index in [-0.39, 0.29) is 0 Å². The fourth-order valence-corrected chi connectivity index (χ4v) is 1.27. The first-order chi connectivity index (χ1) is 6.81. The number of hydrogen-bond donors (Lipinski definition) is 0. The summed E-state index contributed by atoms with van der Waals surface area (Å²) in [4.78, 5) is -5.45. The summed E-state index contributed by atoms with van der Waals surface area (Å²) < 4.78 is 99.7. The fourth-order valence-electron chi connectivity index (χ4n) is 0.571. The maximum Gasteiger partial charge on any atom is 0.388 e. The molecule has 10 heteroatoms. The van der Waals surface area contributed by atoms with Crippen LogP contribution in [0.1, 0.15) is 0 Å². The zero-order valence-electron chi connectivity index (χ0n) is 6.93. The Morgan fingerprint density at radius 3 is 1.44 bits per heavy atom. The molecule has 96 valence electrons. The van der Waals surface area contributed by atoms with Crippen LogP contribution in [0.4, 0.5) is 35.1 Å². The van der Waals surface area contributed by atoms with Gasteiger partial charge in [0.05, 0.1) is 0 Å². The quantitative estimate of drug-likeness (QED) is 0.339. The highest BCUT2D eigenvalue weighted by molar-refractivity contribution is 14.1. The standard InChI is InChI=1S/C6H2BrF8I/c7-6(14,15)5(12,13)4(10,11)3(8,9)1-2-16/h1-2H/b2-1+. The molecule has 0 aliphatic rings. The molecule has 0 unspecified atom stereocenters. The van der Waals surface area contributed by atoms with Gasteiger partial charge in [0, 0.05) is 0 Å². The summed E-state index contributed by atoms with van der Waals surface area (Å²) in [5.74, 6) is -17.9. The van der Waals surface area contributed by atoms with E-state index in [2.05, 4.69) is 0 Å². The third-order valence-corrected chi connectivity index (χ3v) is 2.30. The second-order valence-electron chi connectivity index (χ2n) is 2.56. The Bertz CT molecular complexity index is 281. The van der Waals surface area contributed by atoms with Crippen LogP contribution in [0, 0.1) is 0 Å². The van der Waals surface area contributed by atoms with Crippen molar-refractivity contribution < 1.29 is 35.1 Å². The minimum absolute atomic E-state index is 0.328. The molecule has 0 nitrogen and oxygen atoms in total. The van der Waals surface area contributed by atoms with Crippen LogP contribution in [-0.2, 0) is 0 Å². The predicted molar refractivity (Wildman–Crippen MR) is 51.9 cm³/mol. The number of rotatable bonds is 4. The lowest BCUT2D eigenvalue weighted by Crippen LogP contribution is -2.59. The third kappa shape index (κ3) is 2.62. The predicted octanol–water partition coefficient (Wildman–Crippen LogP) is 4.83. The van der Waals surface area contributed by atoms with Gasteiger partial charge in [0.25, 0.3) is 0 Å². The van der Waals surface area contributed by atoms with E-state index in [9.17, 15) is 35.1 Å². The lowest BCUT2D eigenvalue weighted by atomic mass is 10.1. The minimum Gasteiger partial charge on any atom is -0.195 e. The van der Waals surface area contributed by atoms with Gasteiger partial charge in [-0.2, -0.15) is 35.1 Å². The SMILES string of the molecule is FC(F)(Br)C(F)(F)C(F)(F)C(F)(F)/C=C/I. The van der Waals surface area contributed by atoms with Crippen LogP contribution in [0.15, 0.2) is 10.2 Å². The Kier molecular flexibility index (Phi) is 4.69. The molecule has 0 heterocycles. The maximum atomic E-state index is 12.6. The molecule has 0 aliphatic heterocycles. The molecule has 0 bridgehead atoms. The van der Waals surface area contributed by atoms with Gasteiger partial charge in [0.15, 0.2) is 0 Å². The average molecular weight is 433 g/mol. The van der Waals surface area contributed by atoms with Gasteiger partial charge in [-0.05, 0) is 26.1 Å². The second kappa shape index (κ2) is 4.58. The molecule has 0 saturated heterocycles. The van der Waals surface area contributed by atoms with Gasteiger partial charge in [-0.3, -0.25) is 0 Å². The van der Waals surface area contributed by atoms with Gasteiger partial charge < -0.3 is 0 Å². The topological polar surface area (TPSA) is 0 Å². The summed E-state index contributed by atoms with van der Waals surface area (Å²) in [5, 5.41) is 0. The molecular weight excluding hydrogens is 431 g/mol. The Morgan fingerprint density at radius 2 is 1.19 bits per heavy atom. The van der Waals surface area contributed by atoms with Crippen molar-refractivity contribution in [2.75, 3.05) is 0 Å². The summed E-state index contributed by atoms with van der Waals surface area (Å²) in [6, 6.07) is 0. The van der Waals surface area contributed by atoms with E-state index >= 15 is 0 Å². The molecule has 0 aromatic heterocycles. The van der Waals surface area contributed by atoms with E-state index in [1.165, 1.54) is 0 Å². The monoisotopic (exact) mass is 432 g/mol. The van der Waals surface area contributed by atoms with Crippen molar-refractivity contribution in [1.82, 2.24) is 0 Å². The molecule has 0 aliphatic carbocycles. The number of hydrogen-bond acceptors (Lipinski definition) is 0. The first-order valence-corrected chi connectivity index (χ1v) is 5.33. The first-order valence-electron chi connectivity index (χ1n) is 3.29. The van der Waals surface area contributed by atoms with Crippen molar-refractivity contribution in [3.63, 3.8) is 0 Å².